The smallest absolute Gasteiger partial charge is 0.339 e. The summed E-state index contributed by atoms with van der Waals surface area (Å²) in [6.45, 7) is 8.91. The highest BCUT2D eigenvalue weighted by Gasteiger charge is 2.52. The van der Waals surface area contributed by atoms with Gasteiger partial charge in [-0.05, 0) is 57.7 Å². The summed E-state index contributed by atoms with van der Waals surface area (Å²) >= 11 is 0. The molecule has 2 saturated heterocycles. The molecule has 2 aliphatic heterocycles. The summed E-state index contributed by atoms with van der Waals surface area (Å²) < 4.78 is 7.50. The summed E-state index contributed by atoms with van der Waals surface area (Å²) in [5.41, 5.74) is 2.07. The van der Waals surface area contributed by atoms with Crippen molar-refractivity contribution in [2.24, 2.45) is 0 Å². The van der Waals surface area contributed by atoms with E-state index in [4.69, 9.17) is 4.42 Å². The van der Waals surface area contributed by atoms with Crippen LogP contribution in [0.25, 0.3) is 16.6 Å². The Bertz CT molecular complexity index is 1670. The molecule has 4 aromatic rings. The van der Waals surface area contributed by atoms with E-state index in [0.717, 1.165) is 29.7 Å². The molecule has 1 spiro atoms. The van der Waals surface area contributed by atoms with Crippen LogP contribution in [0.4, 0.5) is 16.3 Å². The van der Waals surface area contributed by atoms with E-state index in [2.05, 4.69) is 44.1 Å². The number of hydrogen-bond acceptors (Lipinski definition) is 9. The van der Waals surface area contributed by atoms with Gasteiger partial charge in [0.2, 0.25) is 5.65 Å². The molecular formula is C28H32N8O4. The molecule has 2 aliphatic rings. The first-order valence-electron chi connectivity index (χ1n) is 13.7. The number of imide groups is 1. The maximum atomic E-state index is 13.5. The molecule has 12 nitrogen and oxygen atoms in total. The van der Waals surface area contributed by atoms with Gasteiger partial charge in [0, 0.05) is 67.8 Å². The number of benzene rings is 1. The number of urea groups is 1. The Balaban J connectivity index is 1.17. The highest BCUT2D eigenvalue weighted by atomic mass is 16.4. The third-order valence-corrected chi connectivity index (χ3v) is 8.34. The molecule has 0 unspecified atom stereocenters. The molecule has 0 saturated carbocycles. The van der Waals surface area contributed by atoms with Crippen molar-refractivity contribution in [2.75, 3.05) is 42.5 Å². The van der Waals surface area contributed by atoms with Gasteiger partial charge in [-0.3, -0.25) is 14.1 Å². The van der Waals surface area contributed by atoms with E-state index >= 15 is 0 Å². The molecule has 6 rings (SSSR count). The van der Waals surface area contributed by atoms with Crippen LogP contribution in [0, 0.1) is 6.92 Å². The van der Waals surface area contributed by atoms with Gasteiger partial charge in [-0.25, -0.2) is 14.6 Å². The molecule has 0 radical (unpaired) electrons. The van der Waals surface area contributed by atoms with Crippen molar-refractivity contribution in [2.45, 2.75) is 45.6 Å². The minimum absolute atomic E-state index is 0.103. The van der Waals surface area contributed by atoms with Crippen molar-refractivity contribution < 1.29 is 14.0 Å². The van der Waals surface area contributed by atoms with Crippen molar-refractivity contribution >= 4 is 40.1 Å². The molecule has 0 aliphatic carbocycles. The topological polar surface area (TPSA) is 129 Å². The van der Waals surface area contributed by atoms with E-state index in [1.54, 1.807) is 23.1 Å². The Morgan fingerprint density at radius 3 is 2.65 bits per heavy atom. The molecule has 0 atom stereocenters. The predicted molar refractivity (Wildman–Crippen MR) is 150 cm³/mol. The molecule has 40 heavy (non-hydrogen) atoms. The zero-order valence-corrected chi connectivity index (χ0v) is 22.9. The van der Waals surface area contributed by atoms with Gasteiger partial charge in [0.05, 0.1) is 0 Å². The van der Waals surface area contributed by atoms with Crippen LogP contribution in [0.15, 0.2) is 46.1 Å². The summed E-state index contributed by atoms with van der Waals surface area (Å²) in [5.74, 6) is 0.448. The number of carbonyl (C=O) groups excluding carboxylic acids is 2. The highest BCUT2D eigenvalue weighted by molar-refractivity contribution is 6.07. The van der Waals surface area contributed by atoms with Crippen molar-refractivity contribution in [1.29, 1.82) is 0 Å². The molecule has 208 valence electrons. The lowest BCUT2D eigenvalue weighted by atomic mass is 9.87. The number of nitrogens with zero attached hydrogens (tertiary/aromatic N) is 7. The molecule has 3 amide bonds. The van der Waals surface area contributed by atoms with Gasteiger partial charge in [0.15, 0.2) is 5.82 Å². The number of rotatable bonds is 7. The van der Waals surface area contributed by atoms with Crippen molar-refractivity contribution in [1.82, 2.24) is 29.8 Å². The number of nitrogens with one attached hydrogen (secondary N) is 1. The van der Waals surface area contributed by atoms with E-state index in [0.29, 0.717) is 48.5 Å². The normalized spacial score (nSPS) is 16.9. The maximum absolute atomic E-state index is 13.5. The van der Waals surface area contributed by atoms with Crippen LogP contribution in [0.1, 0.15) is 37.8 Å². The predicted octanol–water partition coefficient (Wildman–Crippen LogP) is 2.52. The van der Waals surface area contributed by atoms with Crippen molar-refractivity contribution in [3.8, 4) is 0 Å². The minimum Gasteiger partial charge on any atom is -0.422 e. The van der Waals surface area contributed by atoms with Gasteiger partial charge in [-0.1, -0.05) is 0 Å². The Hall–Kier alpha value is -4.48. The van der Waals surface area contributed by atoms with Crippen LogP contribution in [-0.4, -0.2) is 74.7 Å². The number of aryl methyl sites for hydroxylation is 1. The molecule has 3 aromatic heterocycles. The fraction of sp³-hybridized carbons (Fsp3) is 0.429. The molecule has 1 N–H and O–H groups in total. The largest absolute Gasteiger partial charge is 0.422 e. The average Bonchev–Trinajstić information content (AvgIpc) is 3.52. The first kappa shape index (κ1) is 25.8. The molecule has 2 fully saturated rings. The zero-order valence-electron chi connectivity index (χ0n) is 22.9. The molecular weight excluding hydrogens is 512 g/mol. The third kappa shape index (κ3) is 4.14. The first-order chi connectivity index (χ1) is 19.3. The van der Waals surface area contributed by atoms with Gasteiger partial charge in [0.1, 0.15) is 17.4 Å². The number of carbonyl (C=O) groups is 2. The molecule has 0 bridgehead atoms. The Kier molecular flexibility index (Phi) is 6.40. The van der Waals surface area contributed by atoms with Gasteiger partial charge in [-0.15, -0.1) is 10.2 Å². The summed E-state index contributed by atoms with van der Waals surface area (Å²) in [4.78, 5) is 49.4. The highest BCUT2D eigenvalue weighted by Crippen LogP contribution is 2.32. The van der Waals surface area contributed by atoms with Gasteiger partial charge >= 0.3 is 11.7 Å². The van der Waals surface area contributed by atoms with E-state index in [1.807, 2.05) is 25.1 Å². The van der Waals surface area contributed by atoms with Crippen molar-refractivity contribution in [3.05, 3.63) is 58.5 Å². The van der Waals surface area contributed by atoms with Crippen molar-refractivity contribution in [3.63, 3.8) is 0 Å². The quantitative estimate of drug-likeness (QED) is 0.276. The van der Waals surface area contributed by atoms with Crippen LogP contribution >= 0.6 is 0 Å². The number of hydrogen-bond donors (Lipinski definition) is 1. The van der Waals surface area contributed by atoms with Gasteiger partial charge in [0.25, 0.3) is 5.91 Å². The Morgan fingerprint density at radius 2 is 1.90 bits per heavy atom. The monoisotopic (exact) mass is 544 g/mol. The summed E-state index contributed by atoms with van der Waals surface area (Å²) in [6, 6.07) is 5.46. The molecule has 5 heterocycles. The lowest BCUT2D eigenvalue weighted by Crippen LogP contribution is -2.55. The van der Waals surface area contributed by atoms with Crippen LogP contribution in [-0.2, 0) is 11.2 Å². The maximum Gasteiger partial charge on any atom is 0.339 e. The summed E-state index contributed by atoms with van der Waals surface area (Å²) in [6.07, 6.45) is 6.20. The number of fused-ring (bicyclic) bond motifs is 2. The van der Waals surface area contributed by atoms with E-state index < -0.39 is 17.2 Å². The van der Waals surface area contributed by atoms with Gasteiger partial charge < -0.3 is 19.5 Å². The number of anilines is 2. The van der Waals surface area contributed by atoms with E-state index in [1.165, 1.54) is 4.90 Å². The lowest BCUT2D eigenvalue weighted by molar-refractivity contribution is -0.132. The lowest BCUT2D eigenvalue weighted by Gasteiger charge is -2.37. The van der Waals surface area contributed by atoms with Crippen LogP contribution in [0.5, 0.6) is 0 Å². The number of aromatic nitrogens is 4. The Morgan fingerprint density at radius 1 is 1.12 bits per heavy atom. The Labute approximate surface area is 230 Å². The van der Waals surface area contributed by atoms with Crippen LogP contribution in [0.3, 0.4) is 0 Å². The zero-order chi connectivity index (χ0) is 28.0. The van der Waals surface area contributed by atoms with E-state index in [9.17, 15) is 14.4 Å². The average molecular weight is 545 g/mol. The second-order valence-electron chi connectivity index (χ2n) is 10.4. The second-order valence-corrected chi connectivity index (χ2v) is 10.4. The van der Waals surface area contributed by atoms with E-state index in [-0.39, 0.29) is 18.9 Å². The second kappa shape index (κ2) is 9.92. The molecule has 1 aromatic carbocycles. The minimum atomic E-state index is -0.962. The number of amides is 3. The van der Waals surface area contributed by atoms with Crippen LogP contribution < -0.4 is 20.7 Å². The summed E-state index contributed by atoms with van der Waals surface area (Å²) in [7, 11) is 0. The first-order valence-corrected chi connectivity index (χ1v) is 13.7. The SMILES string of the molecule is CCN(CC)c1ccc2c(C)c(CCN3C(=O)NC4(CCN(c5nccn6cnnc56)CC4)C3=O)c(=O)oc2c1. The van der Waals surface area contributed by atoms with Gasteiger partial charge in [-0.2, -0.15) is 0 Å². The fourth-order valence-corrected chi connectivity index (χ4v) is 5.97. The number of piperidine rings is 1. The van der Waals surface area contributed by atoms with Crippen LogP contribution in [0.2, 0.25) is 0 Å². The summed E-state index contributed by atoms with van der Waals surface area (Å²) in [5, 5.41) is 11.9. The fourth-order valence-electron chi connectivity index (χ4n) is 5.97. The standard InChI is InChI=1S/C28H32N8O4/c1-4-33(5-2)19-6-7-20-18(3)21(25(37)40-22(20)16-19)8-12-36-26(38)28(31-27(36)39)9-13-34(14-10-28)23-24-32-30-17-35(24)15-11-29-23/h6-7,11,15-17H,4-5,8-10,12-14H2,1-3H3,(H,31,39). The third-order valence-electron chi connectivity index (χ3n) is 8.34. The molecule has 12 heteroatoms.